The molecule has 3 aliphatic rings. The number of nitrogens with zero attached hydrogens (tertiary/aromatic N) is 1. The summed E-state index contributed by atoms with van der Waals surface area (Å²) in [5.41, 5.74) is 3.38. The van der Waals surface area contributed by atoms with Crippen molar-refractivity contribution >= 4 is 23.2 Å². The number of nitrogens with two attached hydrogens (primary N) is 1. The number of phenolic OH excluding ortho intramolecular Hbond substituents is 1. The normalized spacial score (nSPS) is 25.9. The van der Waals surface area contributed by atoms with E-state index in [4.69, 9.17) is 15.2 Å². The lowest BCUT2D eigenvalue weighted by Gasteiger charge is -2.50. The summed E-state index contributed by atoms with van der Waals surface area (Å²) in [5, 5.41) is 45.0. The van der Waals surface area contributed by atoms with Gasteiger partial charge in [0.2, 0.25) is 5.78 Å². The maximum absolute atomic E-state index is 14.0. The van der Waals surface area contributed by atoms with Crippen molar-refractivity contribution in [2.75, 3.05) is 28.3 Å². The maximum Gasteiger partial charge on any atom is 0.255 e. The molecule has 5 rings (SSSR count). The zero-order valence-electron chi connectivity index (χ0n) is 22.4. The van der Waals surface area contributed by atoms with E-state index in [0.717, 1.165) is 0 Å². The fraction of sp³-hybridized carbons (Fsp3) is 0.345. The van der Waals surface area contributed by atoms with E-state index in [1.807, 2.05) is 0 Å². The number of hydrogen-bond acceptors (Lipinski definition) is 10. The fourth-order valence-corrected chi connectivity index (χ4v) is 6.52. The third-order valence-electron chi connectivity index (χ3n) is 8.30. The number of primary amides is 1. The molecule has 0 bridgehead atoms. The first-order valence-corrected chi connectivity index (χ1v) is 12.6. The molecular formula is C29H30N2O9. The van der Waals surface area contributed by atoms with Gasteiger partial charge in [0.05, 0.1) is 25.8 Å². The predicted molar refractivity (Wildman–Crippen MR) is 143 cm³/mol. The number of hydrogen-bond donors (Lipinski definition) is 5. The minimum atomic E-state index is -2.69. The third kappa shape index (κ3) is 3.61. The molecule has 6 N–H and O–H groups in total. The summed E-state index contributed by atoms with van der Waals surface area (Å²) < 4.78 is 10.9. The van der Waals surface area contributed by atoms with Crippen molar-refractivity contribution in [3.8, 4) is 28.4 Å². The lowest BCUT2D eigenvalue weighted by molar-refractivity contribution is -0.153. The van der Waals surface area contributed by atoms with E-state index in [9.17, 15) is 34.8 Å². The molecule has 40 heavy (non-hydrogen) atoms. The van der Waals surface area contributed by atoms with Gasteiger partial charge in [-0.05, 0) is 68.2 Å². The van der Waals surface area contributed by atoms with Gasteiger partial charge in [-0.3, -0.25) is 19.3 Å². The lowest BCUT2D eigenvalue weighted by Crippen LogP contribution is -2.65. The molecule has 1 amide bonds. The van der Waals surface area contributed by atoms with Crippen LogP contribution in [0.25, 0.3) is 16.9 Å². The number of carbonyl (C=O) groups is 3. The maximum atomic E-state index is 14.0. The van der Waals surface area contributed by atoms with E-state index in [1.165, 1.54) is 25.2 Å². The van der Waals surface area contributed by atoms with Gasteiger partial charge in [0, 0.05) is 17.1 Å². The number of ether oxygens (including phenoxy) is 2. The molecule has 11 nitrogen and oxygen atoms in total. The summed E-state index contributed by atoms with van der Waals surface area (Å²) in [5.74, 6) is -5.91. The summed E-state index contributed by atoms with van der Waals surface area (Å²) in [6, 6.07) is 7.10. The standard InChI is InChI=1S/C29H30N2O9/c1-31(2)23-17-10-12-9-16-14(15-11-13(39-3)5-8-19(15)40-4)6-7-18(32)21(16)24(33)20(12)26(35)29(17,38)27(36)22(25(23)34)28(30)37/h5-8,11-12,17,23,32-33,36,38H,9-10H2,1-4H3,(H2,30,37). The number of Topliss-reactive ketones (excluding diaryl/α,β-unsaturated/α-hetero) is 2. The van der Waals surface area contributed by atoms with Gasteiger partial charge in [-0.15, -0.1) is 0 Å². The number of rotatable bonds is 5. The zero-order valence-corrected chi connectivity index (χ0v) is 22.4. The van der Waals surface area contributed by atoms with Gasteiger partial charge in [0.1, 0.15) is 34.3 Å². The van der Waals surface area contributed by atoms with Crippen LogP contribution in [0.1, 0.15) is 17.5 Å². The Bertz CT molecular complexity index is 1540. The quantitative estimate of drug-likeness (QED) is 0.344. The Morgan fingerprint density at radius 1 is 1.05 bits per heavy atom. The number of aliphatic hydroxyl groups is 3. The van der Waals surface area contributed by atoms with E-state index < -0.39 is 58.0 Å². The van der Waals surface area contributed by atoms with Crippen LogP contribution in [-0.4, -0.2) is 82.8 Å². The van der Waals surface area contributed by atoms with E-state index in [-0.39, 0.29) is 29.7 Å². The van der Waals surface area contributed by atoms with Gasteiger partial charge in [0.15, 0.2) is 11.4 Å². The molecule has 210 valence electrons. The first kappa shape index (κ1) is 27.2. The number of aliphatic hydroxyl groups excluding tert-OH is 2. The first-order valence-electron chi connectivity index (χ1n) is 12.6. The van der Waals surface area contributed by atoms with Crippen molar-refractivity contribution in [1.82, 2.24) is 4.90 Å². The highest BCUT2D eigenvalue weighted by Crippen LogP contribution is 2.54. The predicted octanol–water partition coefficient (Wildman–Crippen LogP) is 1.65. The SMILES string of the molecule is COc1ccc(OC)c(-c2ccc(O)c3c2CC2CC4C(N(C)C)C(=O)C(C(N)=O)=C(O)C4(O)C(=O)C2=C3O)c1. The average Bonchev–Trinajstić information content (AvgIpc) is 2.90. The number of likely N-dealkylation sites (N-methyl/N-ethyl adjacent to an activating group) is 1. The highest BCUT2D eigenvalue weighted by Gasteiger charge is 2.64. The van der Waals surface area contributed by atoms with Crippen molar-refractivity contribution in [2.45, 2.75) is 24.5 Å². The van der Waals surface area contributed by atoms with Gasteiger partial charge in [0.25, 0.3) is 5.91 Å². The highest BCUT2D eigenvalue weighted by atomic mass is 16.5. The Kier molecular flexibility index (Phi) is 6.39. The smallest absolute Gasteiger partial charge is 0.255 e. The monoisotopic (exact) mass is 550 g/mol. The van der Waals surface area contributed by atoms with Gasteiger partial charge >= 0.3 is 0 Å². The Morgan fingerprint density at radius 3 is 2.35 bits per heavy atom. The van der Waals surface area contributed by atoms with Gasteiger partial charge < -0.3 is 35.6 Å². The third-order valence-corrected chi connectivity index (χ3v) is 8.30. The molecule has 1 fully saturated rings. The van der Waals surface area contributed by atoms with Crippen LogP contribution in [0.5, 0.6) is 17.2 Å². The number of phenols is 1. The van der Waals surface area contributed by atoms with Crippen LogP contribution in [0, 0.1) is 11.8 Å². The number of carbonyl (C=O) groups excluding carboxylic acids is 3. The Morgan fingerprint density at radius 2 is 1.75 bits per heavy atom. The summed E-state index contributed by atoms with van der Waals surface area (Å²) in [7, 11) is 6.14. The topological polar surface area (TPSA) is 180 Å². The number of benzene rings is 2. The van der Waals surface area contributed by atoms with Crippen LogP contribution >= 0.6 is 0 Å². The van der Waals surface area contributed by atoms with Crippen LogP contribution in [0.4, 0.5) is 0 Å². The summed E-state index contributed by atoms with van der Waals surface area (Å²) >= 11 is 0. The summed E-state index contributed by atoms with van der Waals surface area (Å²) in [4.78, 5) is 40.8. The van der Waals surface area contributed by atoms with E-state index >= 15 is 0 Å². The van der Waals surface area contributed by atoms with Crippen LogP contribution in [0.3, 0.4) is 0 Å². The number of fused-ring (bicyclic) bond motifs is 3. The van der Waals surface area contributed by atoms with Crippen LogP contribution in [0.2, 0.25) is 0 Å². The van der Waals surface area contributed by atoms with Gasteiger partial charge in [-0.25, -0.2) is 0 Å². The van der Waals surface area contributed by atoms with Crippen molar-refractivity contribution in [1.29, 1.82) is 0 Å². The van der Waals surface area contributed by atoms with Crippen LogP contribution < -0.4 is 15.2 Å². The van der Waals surface area contributed by atoms with Crippen molar-refractivity contribution < 1.29 is 44.3 Å². The van der Waals surface area contributed by atoms with E-state index in [0.29, 0.717) is 28.2 Å². The molecule has 0 saturated heterocycles. The Hall–Kier alpha value is -4.35. The van der Waals surface area contributed by atoms with Crippen molar-refractivity contribution in [3.63, 3.8) is 0 Å². The minimum absolute atomic E-state index is 0.00124. The van der Waals surface area contributed by atoms with Crippen LogP contribution in [0.15, 0.2) is 47.2 Å². The van der Waals surface area contributed by atoms with E-state index in [2.05, 4.69) is 0 Å². The molecule has 0 aromatic heterocycles. The Balaban J connectivity index is 1.75. The molecule has 4 unspecified atom stereocenters. The molecule has 11 heteroatoms. The molecule has 0 spiro atoms. The second-order valence-corrected chi connectivity index (χ2v) is 10.5. The number of aromatic hydroxyl groups is 1. The summed E-state index contributed by atoms with van der Waals surface area (Å²) in [6.45, 7) is 0. The molecule has 0 radical (unpaired) electrons. The molecular weight excluding hydrogens is 520 g/mol. The van der Waals surface area contributed by atoms with Crippen molar-refractivity contribution in [3.05, 3.63) is 58.4 Å². The summed E-state index contributed by atoms with van der Waals surface area (Å²) in [6.07, 6.45) is 0.148. The van der Waals surface area contributed by atoms with Crippen LogP contribution in [-0.2, 0) is 20.8 Å². The molecule has 2 aromatic rings. The fourth-order valence-electron chi connectivity index (χ4n) is 6.52. The lowest BCUT2D eigenvalue weighted by atomic mass is 9.57. The largest absolute Gasteiger partial charge is 0.508 e. The highest BCUT2D eigenvalue weighted by molar-refractivity contribution is 6.24. The second-order valence-electron chi connectivity index (χ2n) is 10.5. The second kappa shape index (κ2) is 9.39. The first-order chi connectivity index (χ1) is 18.9. The average molecular weight is 551 g/mol. The molecule has 4 atom stereocenters. The van der Waals surface area contributed by atoms with E-state index in [1.54, 1.807) is 38.4 Å². The molecule has 2 aromatic carbocycles. The van der Waals surface area contributed by atoms with Crippen molar-refractivity contribution in [2.24, 2.45) is 17.6 Å². The molecule has 1 saturated carbocycles. The molecule has 0 aliphatic heterocycles. The van der Waals surface area contributed by atoms with Gasteiger partial charge in [-0.2, -0.15) is 0 Å². The minimum Gasteiger partial charge on any atom is -0.508 e. The number of methoxy groups -OCH3 is 2. The molecule has 3 aliphatic carbocycles. The number of amides is 1. The number of ketones is 2. The zero-order chi connectivity index (χ0) is 29.3. The molecule has 0 heterocycles. The van der Waals surface area contributed by atoms with Gasteiger partial charge in [-0.1, -0.05) is 6.07 Å². The Labute approximate surface area is 229 Å².